The van der Waals surface area contributed by atoms with Gasteiger partial charge < -0.3 is 9.64 Å². The van der Waals surface area contributed by atoms with Crippen molar-refractivity contribution in [3.63, 3.8) is 0 Å². The summed E-state index contributed by atoms with van der Waals surface area (Å²) in [6.07, 6.45) is 2.28. The third-order valence-electron chi connectivity index (χ3n) is 5.40. The van der Waals surface area contributed by atoms with Crippen molar-refractivity contribution < 1.29 is 9.53 Å². The second-order valence-electron chi connectivity index (χ2n) is 8.78. The Morgan fingerprint density at radius 3 is 2.43 bits per heavy atom. The molecule has 0 saturated carbocycles. The summed E-state index contributed by atoms with van der Waals surface area (Å²) in [5.74, 6) is 2.22. The van der Waals surface area contributed by atoms with Gasteiger partial charge in [0.25, 0.3) is 0 Å². The van der Waals surface area contributed by atoms with E-state index >= 15 is 0 Å². The zero-order chi connectivity index (χ0) is 21.3. The van der Waals surface area contributed by atoms with Crippen LogP contribution in [-0.4, -0.2) is 68.3 Å². The molecule has 0 aliphatic carbocycles. The van der Waals surface area contributed by atoms with Gasteiger partial charge in [-0.05, 0) is 39.0 Å². The van der Waals surface area contributed by atoms with E-state index < -0.39 is 5.60 Å². The van der Waals surface area contributed by atoms with Crippen molar-refractivity contribution in [2.75, 3.05) is 37.7 Å². The van der Waals surface area contributed by atoms with E-state index in [2.05, 4.69) is 4.90 Å². The lowest BCUT2D eigenvalue weighted by Crippen LogP contribution is -2.40. The fraction of sp³-hybridized carbons (Fsp3) is 0.545. The maximum Gasteiger partial charge on any atom is 0.410 e. The van der Waals surface area contributed by atoms with Crippen LogP contribution in [-0.2, 0) is 11.4 Å². The Hall–Kier alpha value is -2.19. The number of amides is 1. The fourth-order valence-electron chi connectivity index (χ4n) is 3.92. The molecule has 0 spiro atoms. The van der Waals surface area contributed by atoms with Gasteiger partial charge >= 0.3 is 11.8 Å². The maximum atomic E-state index is 13.4. The van der Waals surface area contributed by atoms with Crippen molar-refractivity contribution in [2.45, 2.75) is 39.5 Å². The van der Waals surface area contributed by atoms with Gasteiger partial charge in [-0.3, -0.25) is 14.0 Å². The number of benzene rings is 1. The normalized spacial score (nSPS) is 18.5. The van der Waals surface area contributed by atoms with Crippen LogP contribution < -0.4 is 5.69 Å². The van der Waals surface area contributed by atoms with Crippen molar-refractivity contribution in [3.8, 4) is 0 Å². The van der Waals surface area contributed by atoms with Crippen LogP contribution >= 0.6 is 11.8 Å². The average Bonchev–Trinajstić information content (AvgIpc) is 2.99. The van der Waals surface area contributed by atoms with Crippen LogP contribution in [0.25, 0.3) is 16.7 Å². The minimum absolute atomic E-state index is 0.00797. The molecule has 30 heavy (non-hydrogen) atoms. The quantitative estimate of drug-likeness (QED) is 0.748. The second kappa shape index (κ2) is 8.51. The zero-order valence-electron chi connectivity index (χ0n) is 18.0. The van der Waals surface area contributed by atoms with Crippen LogP contribution in [0.2, 0.25) is 0 Å². The molecule has 162 valence electrons. The van der Waals surface area contributed by atoms with E-state index in [0.29, 0.717) is 26.2 Å². The van der Waals surface area contributed by atoms with Crippen LogP contribution in [0.3, 0.4) is 0 Å². The minimum atomic E-state index is -0.515. The molecule has 8 heteroatoms. The number of fused-ring (bicyclic) bond motifs is 1. The number of imidazole rings is 1. The molecule has 0 bridgehead atoms. The first-order valence-electron chi connectivity index (χ1n) is 10.5. The summed E-state index contributed by atoms with van der Waals surface area (Å²) in [5.41, 5.74) is 2.30. The predicted octanol–water partition coefficient (Wildman–Crippen LogP) is 3.29. The summed E-state index contributed by atoms with van der Waals surface area (Å²) < 4.78 is 9.18. The molecule has 1 aromatic carbocycles. The van der Waals surface area contributed by atoms with Crippen molar-refractivity contribution in [1.82, 2.24) is 18.9 Å². The number of carbonyl (C=O) groups excluding carboxylic acids is 1. The topological polar surface area (TPSA) is 59.7 Å². The Balaban J connectivity index is 1.61. The van der Waals surface area contributed by atoms with E-state index in [1.807, 2.05) is 72.0 Å². The lowest BCUT2D eigenvalue weighted by Gasteiger charge is -2.29. The Morgan fingerprint density at radius 2 is 1.80 bits per heavy atom. The molecule has 2 aliphatic rings. The monoisotopic (exact) mass is 430 g/mol. The lowest BCUT2D eigenvalue weighted by atomic mass is 10.2. The van der Waals surface area contributed by atoms with Gasteiger partial charge in [0.05, 0.1) is 17.7 Å². The van der Waals surface area contributed by atoms with Crippen LogP contribution in [0, 0.1) is 0 Å². The van der Waals surface area contributed by atoms with Crippen molar-refractivity contribution in [3.05, 3.63) is 40.8 Å². The largest absolute Gasteiger partial charge is 0.444 e. The second-order valence-corrected chi connectivity index (χ2v) is 10.0. The molecule has 0 N–H and O–H groups in total. The van der Waals surface area contributed by atoms with Crippen LogP contribution in [0.4, 0.5) is 4.79 Å². The van der Waals surface area contributed by atoms with Gasteiger partial charge in [-0.2, -0.15) is 11.8 Å². The summed E-state index contributed by atoms with van der Waals surface area (Å²) >= 11 is 1.96. The van der Waals surface area contributed by atoms with Gasteiger partial charge in [0.2, 0.25) is 0 Å². The highest BCUT2D eigenvalue weighted by Gasteiger charge is 2.26. The molecule has 1 amide bonds. The lowest BCUT2D eigenvalue weighted by molar-refractivity contribution is 0.0269. The molecule has 1 fully saturated rings. The molecule has 0 radical (unpaired) electrons. The summed E-state index contributed by atoms with van der Waals surface area (Å²) in [6.45, 7) is 9.21. The number of rotatable bonds is 3. The molecule has 4 rings (SSSR count). The standard InChI is InChI=1S/C22H30N4O3S/c1-22(2,3)29-21(28)24-10-8-17(9-11-24)26-19-7-5-4-6-18(19)25(20(26)27)16-23-12-14-30-15-13-23/h4-8H,9-16H2,1-3H3. The number of ether oxygens (including phenoxy) is 1. The highest BCUT2D eigenvalue weighted by Crippen LogP contribution is 2.23. The minimum Gasteiger partial charge on any atom is -0.444 e. The average molecular weight is 431 g/mol. The van der Waals surface area contributed by atoms with Gasteiger partial charge in [0.15, 0.2) is 0 Å². The van der Waals surface area contributed by atoms with Crippen LogP contribution in [0.1, 0.15) is 27.2 Å². The van der Waals surface area contributed by atoms with E-state index in [9.17, 15) is 9.59 Å². The first-order chi connectivity index (χ1) is 14.3. The molecule has 2 aromatic rings. The van der Waals surface area contributed by atoms with Gasteiger partial charge in [0.1, 0.15) is 5.60 Å². The van der Waals surface area contributed by atoms with E-state index in [0.717, 1.165) is 41.3 Å². The highest BCUT2D eigenvalue weighted by molar-refractivity contribution is 7.99. The Morgan fingerprint density at radius 1 is 1.10 bits per heavy atom. The van der Waals surface area contributed by atoms with E-state index in [4.69, 9.17) is 4.74 Å². The SMILES string of the molecule is CC(C)(C)OC(=O)N1CC=C(n2c(=O)n(CN3CCSCC3)c3ccccc32)CC1. The summed E-state index contributed by atoms with van der Waals surface area (Å²) in [6, 6.07) is 7.97. The zero-order valence-corrected chi connectivity index (χ0v) is 18.8. The first kappa shape index (κ1) is 21.1. The van der Waals surface area contributed by atoms with Gasteiger partial charge in [-0.1, -0.05) is 12.1 Å². The van der Waals surface area contributed by atoms with E-state index in [1.54, 1.807) is 4.90 Å². The molecule has 1 aromatic heterocycles. The van der Waals surface area contributed by atoms with Crippen molar-refractivity contribution >= 4 is 34.6 Å². The summed E-state index contributed by atoms with van der Waals surface area (Å²) in [5, 5.41) is 0. The van der Waals surface area contributed by atoms with Crippen molar-refractivity contribution in [1.29, 1.82) is 0 Å². The maximum absolute atomic E-state index is 13.4. The van der Waals surface area contributed by atoms with Gasteiger partial charge in [0, 0.05) is 49.8 Å². The number of nitrogens with zero attached hydrogens (tertiary/aromatic N) is 4. The van der Waals surface area contributed by atoms with Crippen molar-refractivity contribution in [2.24, 2.45) is 0 Å². The highest BCUT2D eigenvalue weighted by atomic mass is 32.2. The number of aromatic nitrogens is 2. The molecule has 2 aliphatic heterocycles. The third kappa shape index (κ3) is 4.44. The summed E-state index contributed by atoms with van der Waals surface area (Å²) in [7, 11) is 0. The Bertz CT molecular complexity index is 1010. The number of para-hydroxylation sites is 2. The Kier molecular flexibility index (Phi) is 5.97. The predicted molar refractivity (Wildman–Crippen MR) is 122 cm³/mol. The van der Waals surface area contributed by atoms with E-state index in [-0.39, 0.29) is 11.8 Å². The molecule has 3 heterocycles. The van der Waals surface area contributed by atoms with Gasteiger partial charge in [-0.15, -0.1) is 0 Å². The number of hydrogen-bond acceptors (Lipinski definition) is 5. The van der Waals surface area contributed by atoms with Crippen LogP contribution in [0.15, 0.2) is 35.1 Å². The van der Waals surface area contributed by atoms with E-state index in [1.165, 1.54) is 0 Å². The van der Waals surface area contributed by atoms with Gasteiger partial charge in [-0.25, -0.2) is 9.59 Å². The van der Waals surface area contributed by atoms with Crippen LogP contribution in [0.5, 0.6) is 0 Å². The molecule has 0 unspecified atom stereocenters. The molecule has 1 saturated heterocycles. The third-order valence-corrected chi connectivity index (χ3v) is 6.35. The number of carbonyl (C=O) groups is 1. The first-order valence-corrected chi connectivity index (χ1v) is 11.7. The molecule has 7 nitrogen and oxygen atoms in total. The fourth-order valence-corrected chi connectivity index (χ4v) is 4.90. The molecular formula is C22H30N4O3S. The number of thioether (sulfide) groups is 1. The summed E-state index contributed by atoms with van der Waals surface area (Å²) in [4.78, 5) is 29.8. The number of hydrogen-bond donors (Lipinski definition) is 0. The molecule has 0 atom stereocenters. The smallest absolute Gasteiger partial charge is 0.410 e. The molecular weight excluding hydrogens is 400 g/mol. The Labute approximate surface area is 181 Å².